The number of unbranched alkanes of at least 4 members (excludes halogenated alkanes) is 1. The maximum absolute atomic E-state index is 13.4. The van der Waals surface area contributed by atoms with Gasteiger partial charge in [-0.05, 0) is 30.2 Å². The molecule has 2 aromatic carbocycles. The van der Waals surface area contributed by atoms with E-state index >= 15 is 0 Å². The van der Waals surface area contributed by atoms with Crippen molar-refractivity contribution in [3.8, 4) is 5.75 Å². The van der Waals surface area contributed by atoms with E-state index in [0.29, 0.717) is 37.4 Å². The van der Waals surface area contributed by atoms with Crippen molar-refractivity contribution < 1.29 is 23.9 Å². The van der Waals surface area contributed by atoms with E-state index < -0.39 is 12.0 Å². The minimum absolute atomic E-state index is 0.202. The fraction of sp³-hybridized carbons (Fsp3) is 0.400. The molecular weight excluding hydrogens is 488 g/mol. The van der Waals surface area contributed by atoms with Crippen LogP contribution in [-0.4, -0.2) is 55.0 Å². The Hall–Kier alpha value is -2.87. The zero-order chi connectivity index (χ0) is 23.6. The predicted octanol–water partition coefficient (Wildman–Crippen LogP) is 3.74. The summed E-state index contributed by atoms with van der Waals surface area (Å²) in [5, 5.41) is 2.74. The van der Waals surface area contributed by atoms with Crippen LogP contribution in [0.5, 0.6) is 5.75 Å². The highest BCUT2D eigenvalue weighted by molar-refractivity contribution is 9.10. The standard InChI is InChI=1S/C25H29BrN2O5/c1-2-3-14-32-22-10-9-19(26)16-20(22)25(31)28-13-12-27-24(30)21(28)17-23(29)33-15-11-18-7-5-4-6-8-18/h4-10,16,21H,2-3,11-15,17H2,1H3,(H,27,30). The SMILES string of the molecule is CCCCOc1ccc(Br)cc1C(=O)N1CCNC(=O)C1CC(=O)OCCc1ccccc1. The van der Waals surface area contributed by atoms with Gasteiger partial charge < -0.3 is 19.7 Å². The van der Waals surface area contributed by atoms with Crippen molar-refractivity contribution >= 4 is 33.7 Å². The third kappa shape index (κ3) is 7.05. The molecule has 1 atom stereocenters. The molecule has 0 bridgehead atoms. The van der Waals surface area contributed by atoms with Gasteiger partial charge in [-0.15, -0.1) is 0 Å². The number of nitrogens with zero attached hydrogens (tertiary/aromatic N) is 1. The Morgan fingerprint density at radius 3 is 2.70 bits per heavy atom. The van der Waals surface area contributed by atoms with E-state index in [-0.39, 0.29) is 24.8 Å². The fourth-order valence-corrected chi connectivity index (χ4v) is 3.94. The Bertz CT molecular complexity index is 967. The second-order valence-electron chi connectivity index (χ2n) is 7.81. The van der Waals surface area contributed by atoms with E-state index in [0.717, 1.165) is 22.9 Å². The molecule has 2 amide bonds. The molecule has 1 aliphatic heterocycles. The lowest BCUT2D eigenvalue weighted by atomic mass is 10.1. The lowest BCUT2D eigenvalue weighted by molar-refractivity contribution is -0.147. The summed E-state index contributed by atoms with van der Waals surface area (Å²) in [6.07, 6.45) is 2.23. The minimum atomic E-state index is -0.932. The molecule has 8 heteroatoms. The number of rotatable bonds is 10. The number of esters is 1. The third-order valence-electron chi connectivity index (χ3n) is 5.38. The molecule has 0 spiro atoms. The predicted molar refractivity (Wildman–Crippen MR) is 128 cm³/mol. The van der Waals surface area contributed by atoms with Gasteiger partial charge in [-0.25, -0.2) is 0 Å². The van der Waals surface area contributed by atoms with E-state index in [1.54, 1.807) is 12.1 Å². The van der Waals surface area contributed by atoms with E-state index in [2.05, 4.69) is 28.2 Å². The van der Waals surface area contributed by atoms with Crippen LogP contribution in [0.3, 0.4) is 0 Å². The number of benzene rings is 2. The van der Waals surface area contributed by atoms with Gasteiger partial charge in [0.2, 0.25) is 5.91 Å². The summed E-state index contributed by atoms with van der Waals surface area (Å²) in [5.41, 5.74) is 1.42. The first-order valence-corrected chi connectivity index (χ1v) is 12.0. The van der Waals surface area contributed by atoms with Crippen molar-refractivity contribution in [1.82, 2.24) is 10.2 Å². The monoisotopic (exact) mass is 516 g/mol. The first-order chi connectivity index (χ1) is 16.0. The minimum Gasteiger partial charge on any atom is -0.493 e. The van der Waals surface area contributed by atoms with Crippen molar-refractivity contribution in [3.63, 3.8) is 0 Å². The summed E-state index contributed by atoms with van der Waals surface area (Å²) in [5.74, 6) is -0.760. The summed E-state index contributed by atoms with van der Waals surface area (Å²) in [6, 6.07) is 14.0. The van der Waals surface area contributed by atoms with Crippen molar-refractivity contribution in [2.75, 3.05) is 26.3 Å². The maximum Gasteiger partial charge on any atom is 0.308 e. The van der Waals surface area contributed by atoms with Crippen LogP contribution in [0.1, 0.15) is 42.1 Å². The van der Waals surface area contributed by atoms with Gasteiger partial charge in [0.25, 0.3) is 5.91 Å². The van der Waals surface area contributed by atoms with Gasteiger partial charge in [-0.2, -0.15) is 0 Å². The number of carbonyl (C=O) groups excluding carboxylic acids is 3. The first-order valence-electron chi connectivity index (χ1n) is 11.2. The number of hydrogen-bond donors (Lipinski definition) is 1. The molecule has 1 aliphatic rings. The van der Waals surface area contributed by atoms with Crippen LogP contribution in [0.2, 0.25) is 0 Å². The molecule has 176 valence electrons. The number of nitrogens with one attached hydrogen (secondary N) is 1. The van der Waals surface area contributed by atoms with E-state index in [1.165, 1.54) is 4.90 Å². The summed E-state index contributed by atoms with van der Waals surface area (Å²) < 4.78 is 11.9. The second-order valence-corrected chi connectivity index (χ2v) is 8.72. The van der Waals surface area contributed by atoms with Gasteiger partial charge in [0.1, 0.15) is 11.8 Å². The summed E-state index contributed by atoms with van der Waals surface area (Å²) in [6.45, 7) is 3.40. The Morgan fingerprint density at radius 1 is 1.15 bits per heavy atom. The van der Waals surface area contributed by atoms with Crippen LogP contribution in [0.4, 0.5) is 0 Å². The van der Waals surface area contributed by atoms with Crippen molar-refractivity contribution in [2.45, 2.75) is 38.6 Å². The van der Waals surface area contributed by atoms with Crippen LogP contribution in [-0.2, 0) is 20.7 Å². The van der Waals surface area contributed by atoms with Crippen LogP contribution < -0.4 is 10.1 Å². The van der Waals surface area contributed by atoms with Gasteiger partial charge >= 0.3 is 5.97 Å². The summed E-state index contributed by atoms with van der Waals surface area (Å²) in [7, 11) is 0. The van der Waals surface area contributed by atoms with E-state index in [9.17, 15) is 14.4 Å². The number of hydrogen-bond acceptors (Lipinski definition) is 5. The molecule has 0 aliphatic carbocycles. The number of carbonyl (C=O) groups is 3. The van der Waals surface area contributed by atoms with Gasteiger partial charge in [-0.3, -0.25) is 14.4 Å². The molecule has 1 unspecified atom stereocenters. The smallest absolute Gasteiger partial charge is 0.308 e. The first kappa shape index (κ1) is 24.8. The van der Waals surface area contributed by atoms with Gasteiger partial charge in [0.15, 0.2) is 0 Å². The molecule has 3 rings (SSSR count). The fourth-order valence-electron chi connectivity index (χ4n) is 3.58. The van der Waals surface area contributed by atoms with Gasteiger partial charge in [0, 0.05) is 24.0 Å². The average molecular weight is 517 g/mol. The molecule has 2 aromatic rings. The maximum atomic E-state index is 13.4. The quantitative estimate of drug-likeness (QED) is 0.384. The molecule has 0 radical (unpaired) electrons. The summed E-state index contributed by atoms with van der Waals surface area (Å²) in [4.78, 5) is 39.9. The third-order valence-corrected chi connectivity index (χ3v) is 5.87. The summed E-state index contributed by atoms with van der Waals surface area (Å²) >= 11 is 3.41. The average Bonchev–Trinajstić information content (AvgIpc) is 2.81. The topological polar surface area (TPSA) is 84.9 Å². The lowest BCUT2D eigenvalue weighted by Gasteiger charge is -2.35. The van der Waals surface area contributed by atoms with Crippen LogP contribution in [0.25, 0.3) is 0 Å². The van der Waals surface area contributed by atoms with Crippen molar-refractivity contribution in [2.24, 2.45) is 0 Å². The second kappa shape index (κ2) is 12.4. The molecule has 7 nitrogen and oxygen atoms in total. The van der Waals surface area contributed by atoms with Crippen LogP contribution >= 0.6 is 15.9 Å². The highest BCUT2D eigenvalue weighted by atomic mass is 79.9. The Balaban J connectivity index is 1.68. The Labute approximate surface area is 202 Å². The highest BCUT2D eigenvalue weighted by Crippen LogP contribution is 2.26. The van der Waals surface area contributed by atoms with Gasteiger partial charge in [0.05, 0.1) is 25.2 Å². The molecule has 1 heterocycles. The van der Waals surface area contributed by atoms with Crippen LogP contribution in [0.15, 0.2) is 53.0 Å². The largest absolute Gasteiger partial charge is 0.493 e. The molecule has 1 saturated heterocycles. The van der Waals surface area contributed by atoms with Crippen molar-refractivity contribution in [1.29, 1.82) is 0 Å². The molecular formula is C25H29BrN2O5. The van der Waals surface area contributed by atoms with E-state index in [1.807, 2.05) is 36.4 Å². The van der Waals surface area contributed by atoms with Gasteiger partial charge in [-0.1, -0.05) is 59.6 Å². The zero-order valence-corrected chi connectivity index (χ0v) is 20.3. The molecule has 0 saturated carbocycles. The molecule has 1 N–H and O–H groups in total. The van der Waals surface area contributed by atoms with Crippen LogP contribution in [0, 0.1) is 0 Å². The number of halogens is 1. The number of piperazine rings is 1. The zero-order valence-electron chi connectivity index (χ0n) is 18.7. The highest BCUT2D eigenvalue weighted by Gasteiger charge is 2.36. The Morgan fingerprint density at radius 2 is 1.94 bits per heavy atom. The lowest BCUT2D eigenvalue weighted by Crippen LogP contribution is -2.57. The van der Waals surface area contributed by atoms with Crippen molar-refractivity contribution in [3.05, 3.63) is 64.1 Å². The normalized spacial score (nSPS) is 15.6. The molecule has 1 fully saturated rings. The number of ether oxygens (including phenoxy) is 2. The molecule has 0 aromatic heterocycles. The Kier molecular flexibility index (Phi) is 9.30. The van der Waals surface area contributed by atoms with E-state index in [4.69, 9.17) is 9.47 Å². The number of amides is 2. The molecule has 33 heavy (non-hydrogen) atoms.